The molecule has 3 aromatic rings. The van der Waals surface area contributed by atoms with Crippen LogP contribution in [0, 0.1) is 12.3 Å². The van der Waals surface area contributed by atoms with Crippen LogP contribution >= 0.6 is 12.4 Å². The van der Waals surface area contributed by atoms with Gasteiger partial charge in [0.05, 0.1) is 11.8 Å². The van der Waals surface area contributed by atoms with E-state index >= 15 is 0 Å². The first kappa shape index (κ1) is 22.7. The molecule has 0 aliphatic carbocycles. The fraction of sp³-hybridized carbons (Fsp3) is 0.304. The second kappa shape index (κ2) is 9.25. The van der Waals surface area contributed by atoms with Crippen molar-refractivity contribution in [3.63, 3.8) is 0 Å². The Morgan fingerprint density at radius 1 is 1.14 bits per heavy atom. The molecule has 2 N–H and O–H groups in total. The zero-order chi connectivity index (χ0) is 20.3. The summed E-state index contributed by atoms with van der Waals surface area (Å²) in [5.41, 5.74) is 9.05. The first-order chi connectivity index (χ1) is 13.3. The van der Waals surface area contributed by atoms with Crippen LogP contribution in [0.2, 0.25) is 0 Å². The number of hydrogen-bond donors (Lipinski definition) is 1. The molecule has 2 aromatic carbocycles. The summed E-state index contributed by atoms with van der Waals surface area (Å²) in [6.07, 6.45) is 1.70. The van der Waals surface area contributed by atoms with E-state index in [1.165, 1.54) is 5.56 Å². The highest BCUT2D eigenvalue weighted by Gasteiger charge is 2.24. The van der Waals surface area contributed by atoms with Crippen molar-refractivity contribution in [3.05, 3.63) is 65.9 Å². The Hall–Kier alpha value is -2.63. The van der Waals surface area contributed by atoms with Gasteiger partial charge in [0.25, 0.3) is 5.91 Å². The molecule has 1 aromatic heterocycles. The number of oxazole rings is 1. The molecule has 3 rings (SSSR count). The molecule has 29 heavy (non-hydrogen) atoms. The fourth-order valence-corrected chi connectivity index (χ4v) is 3.09. The van der Waals surface area contributed by atoms with Crippen molar-refractivity contribution in [2.45, 2.75) is 20.8 Å². The molecular weight excluding hydrogens is 386 g/mol. The van der Waals surface area contributed by atoms with Crippen molar-refractivity contribution in [1.29, 1.82) is 0 Å². The van der Waals surface area contributed by atoms with E-state index in [-0.39, 0.29) is 23.7 Å². The van der Waals surface area contributed by atoms with Crippen LogP contribution < -0.4 is 5.73 Å². The minimum absolute atomic E-state index is 0. The van der Waals surface area contributed by atoms with Crippen molar-refractivity contribution in [2.24, 2.45) is 11.1 Å². The topological polar surface area (TPSA) is 72.4 Å². The molecule has 1 heterocycles. The van der Waals surface area contributed by atoms with Gasteiger partial charge in [-0.15, -0.1) is 12.4 Å². The molecule has 0 unspecified atom stereocenters. The summed E-state index contributed by atoms with van der Waals surface area (Å²) in [6, 6.07) is 15.5. The first-order valence-electron chi connectivity index (χ1n) is 9.38. The Kier molecular flexibility index (Phi) is 7.22. The Morgan fingerprint density at radius 3 is 2.45 bits per heavy atom. The highest BCUT2D eigenvalue weighted by molar-refractivity contribution is 5.99. The number of carbonyl (C=O) groups excluding carboxylic acids is 1. The molecule has 0 saturated heterocycles. The van der Waals surface area contributed by atoms with Crippen molar-refractivity contribution in [3.8, 4) is 22.8 Å². The van der Waals surface area contributed by atoms with E-state index in [2.05, 4.69) is 4.98 Å². The third kappa shape index (κ3) is 5.25. The Morgan fingerprint density at radius 2 is 1.79 bits per heavy atom. The maximum atomic E-state index is 13.1. The van der Waals surface area contributed by atoms with Gasteiger partial charge in [0, 0.05) is 24.7 Å². The second-order valence-electron chi connectivity index (χ2n) is 7.97. The zero-order valence-corrected chi connectivity index (χ0v) is 18.1. The van der Waals surface area contributed by atoms with E-state index in [1.54, 1.807) is 24.2 Å². The monoisotopic (exact) mass is 413 g/mol. The molecule has 0 fully saturated rings. The third-order valence-corrected chi connectivity index (χ3v) is 4.79. The van der Waals surface area contributed by atoms with Gasteiger partial charge in [0.1, 0.15) is 0 Å². The normalized spacial score (nSPS) is 11.1. The highest BCUT2D eigenvalue weighted by atomic mass is 35.5. The maximum absolute atomic E-state index is 13.1. The highest BCUT2D eigenvalue weighted by Crippen LogP contribution is 2.29. The predicted octanol–water partition coefficient (Wildman–Crippen LogP) is 4.80. The number of halogens is 1. The maximum Gasteiger partial charge on any atom is 0.254 e. The molecule has 1 amide bonds. The standard InChI is InChI=1S/C23H27N3O2.ClH/c1-16-9-11-17(12-10-16)20-13-25-21(28-20)18-7-5-6-8-19(18)22(27)26(4)15-23(2,3)14-24;/h5-13H,14-15,24H2,1-4H3;1H. The van der Waals surface area contributed by atoms with Crippen LogP contribution in [0.15, 0.2) is 59.1 Å². The van der Waals surface area contributed by atoms with Crippen LogP contribution in [-0.4, -0.2) is 35.9 Å². The van der Waals surface area contributed by atoms with Crippen LogP contribution in [0.5, 0.6) is 0 Å². The van der Waals surface area contributed by atoms with Crippen molar-refractivity contribution in [2.75, 3.05) is 20.1 Å². The molecule has 0 spiro atoms. The van der Waals surface area contributed by atoms with Crippen molar-refractivity contribution >= 4 is 18.3 Å². The fourth-order valence-electron chi connectivity index (χ4n) is 3.09. The number of nitrogens with zero attached hydrogens (tertiary/aromatic N) is 2. The van der Waals surface area contributed by atoms with E-state index < -0.39 is 0 Å². The molecule has 0 aliphatic rings. The lowest BCUT2D eigenvalue weighted by Crippen LogP contribution is -2.39. The second-order valence-corrected chi connectivity index (χ2v) is 7.97. The molecule has 0 aliphatic heterocycles. The Bertz CT molecular complexity index is 964. The largest absolute Gasteiger partial charge is 0.436 e. The Labute approximate surface area is 178 Å². The van der Waals surface area contributed by atoms with Gasteiger partial charge in [-0.25, -0.2) is 4.98 Å². The molecule has 0 saturated carbocycles. The van der Waals surface area contributed by atoms with Crippen LogP contribution in [0.4, 0.5) is 0 Å². The summed E-state index contributed by atoms with van der Waals surface area (Å²) >= 11 is 0. The van der Waals surface area contributed by atoms with Gasteiger partial charge in [-0.1, -0.05) is 55.8 Å². The number of amides is 1. The molecule has 0 radical (unpaired) electrons. The summed E-state index contributed by atoms with van der Waals surface area (Å²) in [5.74, 6) is 1.04. The van der Waals surface area contributed by atoms with Crippen LogP contribution in [0.1, 0.15) is 29.8 Å². The number of rotatable bonds is 6. The van der Waals surface area contributed by atoms with Gasteiger partial charge >= 0.3 is 0 Å². The van der Waals surface area contributed by atoms with Crippen LogP contribution in [-0.2, 0) is 0 Å². The van der Waals surface area contributed by atoms with Crippen molar-refractivity contribution < 1.29 is 9.21 Å². The first-order valence-corrected chi connectivity index (χ1v) is 9.38. The van der Waals surface area contributed by atoms with Gasteiger partial charge in [-0.05, 0) is 31.0 Å². The van der Waals surface area contributed by atoms with Gasteiger partial charge in [0.2, 0.25) is 5.89 Å². The number of nitrogens with two attached hydrogens (primary N) is 1. The molecule has 6 heteroatoms. The zero-order valence-electron chi connectivity index (χ0n) is 17.3. The Balaban J connectivity index is 0.00000300. The summed E-state index contributed by atoms with van der Waals surface area (Å²) in [6.45, 7) is 7.21. The summed E-state index contributed by atoms with van der Waals surface area (Å²) < 4.78 is 5.99. The number of aryl methyl sites for hydroxylation is 1. The number of aromatic nitrogens is 1. The van der Waals surface area contributed by atoms with Gasteiger partial charge < -0.3 is 15.1 Å². The molecule has 5 nitrogen and oxygen atoms in total. The number of hydrogen-bond acceptors (Lipinski definition) is 4. The minimum atomic E-state index is -0.152. The number of benzene rings is 2. The van der Waals surface area contributed by atoms with Gasteiger partial charge in [0.15, 0.2) is 5.76 Å². The van der Waals surface area contributed by atoms with E-state index in [4.69, 9.17) is 10.2 Å². The van der Waals surface area contributed by atoms with E-state index in [0.717, 1.165) is 5.56 Å². The SMILES string of the molecule is Cc1ccc(-c2cnc(-c3ccccc3C(=O)N(C)CC(C)(C)CN)o2)cc1.Cl. The molecule has 0 atom stereocenters. The lowest BCUT2D eigenvalue weighted by molar-refractivity contribution is 0.0741. The van der Waals surface area contributed by atoms with Crippen LogP contribution in [0.25, 0.3) is 22.8 Å². The molecular formula is C23H28ClN3O2. The number of carbonyl (C=O) groups is 1. The average molecular weight is 414 g/mol. The van der Waals surface area contributed by atoms with E-state index in [1.807, 2.05) is 63.2 Å². The van der Waals surface area contributed by atoms with E-state index in [9.17, 15) is 4.79 Å². The third-order valence-electron chi connectivity index (χ3n) is 4.79. The summed E-state index contributed by atoms with van der Waals surface area (Å²) in [5, 5.41) is 0. The summed E-state index contributed by atoms with van der Waals surface area (Å²) in [4.78, 5) is 19.2. The lowest BCUT2D eigenvalue weighted by atomic mass is 9.93. The van der Waals surface area contributed by atoms with E-state index in [0.29, 0.717) is 35.9 Å². The van der Waals surface area contributed by atoms with Gasteiger partial charge in [-0.2, -0.15) is 0 Å². The lowest BCUT2D eigenvalue weighted by Gasteiger charge is -2.29. The van der Waals surface area contributed by atoms with Crippen molar-refractivity contribution in [1.82, 2.24) is 9.88 Å². The molecule has 0 bridgehead atoms. The minimum Gasteiger partial charge on any atom is -0.436 e. The van der Waals surface area contributed by atoms with Crippen LogP contribution in [0.3, 0.4) is 0 Å². The smallest absolute Gasteiger partial charge is 0.254 e. The quantitative estimate of drug-likeness (QED) is 0.630. The predicted molar refractivity (Wildman–Crippen MR) is 119 cm³/mol. The van der Waals surface area contributed by atoms with Gasteiger partial charge in [-0.3, -0.25) is 4.79 Å². The summed E-state index contributed by atoms with van der Waals surface area (Å²) in [7, 11) is 1.80. The molecule has 154 valence electrons. The average Bonchev–Trinajstić information content (AvgIpc) is 3.17.